The molecule has 1 saturated carbocycles. The molecular weight excluding hydrogens is 443 g/mol. The molecule has 3 aromatic rings. The van der Waals surface area contributed by atoms with E-state index in [2.05, 4.69) is 26.6 Å². The number of para-hydroxylation sites is 1. The Hall–Kier alpha value is -3.07. The Morgan fingerprint density at radius 3 is 2.82 bits per heavy atom. The number of nitrogen functional groups attached to an aromatic ring is 1. The zero-order valence-corrected chi connectivity index (χ0v) is 19.4. The lowest BCUT2D eigenvalue weighted by Crippen LogP contribution is -2.33. The van der Waals surface area contributed by atoms with Crippen molar-refractivity contribution in [2.75, 3.05) is 18.9 Å². The lowest BCUT2D eigenvalue weighted by Gasteiger charge is -2.39. The zero-order chi connectivity index (χ0) is 23.4. The molecule has 3 N–H and O–H groups in total. The summed E-state index contributed by atoms with van der Waals surface area (Å²) in [5.74, 6) is 0.787. The van der Waals surface area contributed by atoms with Crippen molar-refractivity contribution in [1.82, 2.24) is 24.6 Å². The van der Waals surface area contributed by atoms with Crippen molar-refractivity contribution in [2.24, 2.45) is 5.92 Å². The first-order valence-corrected chi connectivity index (χ1v) is 11.8. The Morgan fingerprint density at radius 1 is 1.30 bits per heavy atom. The van der Waals surface area contributed by atoms with Gasteiger partial charge in [-0.1, -0.05) is 24.8 Å². The third-order valence-corrected chi connectivity index (χ3v) is 6.40. The van der Waals surface area contributed by atoms with E-state index in [0.717, 1.165) is 12.0 Å². The smallest absolute Gasteiger partial charge is 0.320 e. The third kappa shape index (κ3) is 5.47. The van der Waals surface area contributed by atoms with Crippen LogP contribution in [0.5, 0.6) is 5.75 Å². The molecule has 0 radical (unpaired) electrons. The number of anilines is 1. The summed E-state index contributed by atoms with van der Waals surface area (Å²) in [5, 5.41) is 3.03. The maximum atomic E-state index is 11.9. The van der Waals surface area contributed by atoms with E-state index in [1.54, 1.807) is 20.2 Å². The van der Waals surface area contributed by atoms with Gasteiger partial charge in [-0.05, 0) is 38.0 Å². The van der Waals surface area contributed by atoms with Gasteiger partial charge in [-0.25, -0.2) is 20.0 Å². The Kier molecular flexibility index (Phi) is 7.17. The number of nitrogens with one attached hydrogen (secondary N) is 1. The normalized spacial score (nSPS) is 18.8. The van der Waals surface area contributed by atoms with Crippen molar-refractivity contribution in [1.29, 1.82) is 0 Å². The van der Waals surface area contributed by atoms with E-state index in [0.29, 0.717) is 29.3 Å². The Labute approximate surface area is 193 Å². The quantitative estimate of drug-likeness (QED) is 0.260. The fourth-order valence-electron chi connectivity index (χ4n) is 3.52. The standard InChI is InChI=1S/C22H27N6O4P/c1-14(2)31-19(29)10-27-33(32-17-7-5-4-6-8-17)30-11-16-9-18(15(16)3)28-13-26-20-21(23)24-12-25-22(20)28/h4-8,12-14,16,18,27H,3,9-11H2,1-2H3,(H2,23,24,25). The van der Waals surface area contributed by atoms with Crippen molar-refractivity contribution in [3.63, 3.8) is 0 Å². The van der Waals surface area contributed by atoms with Crippen LogP contribution in [-0.4, -0.2) is 44.7 Å². The number of imidazole rings is 1. The van der Waals surface area contributed by atoms with Crippen LogP contribution in [0.1, 0.15) is 26.3 Å². The number of nitrogens with zero attached hydrogens (tertiary/aromatic N) is 4. The highest BCUT2D eigenvalue weighted by molar-refractivity contribution is 7.45. The molecule has 11 heteroatoms. The number of fused-ring (bicyclic) bond motifs is 1. The number of rotatable bonds is 10. The summed E-state index contributed by atoms with van der Waals surface area (Å²) in [4.78, 5) is 24.6. The minimum atomic E-state index is -1.56. The number of carbonyl (C=O) groups is 1. The Morgan fingerprint density at radius 2 is 2.09 bits per heavy atom. The fourth-order valence-corrected chi connectivity index (χ4v) is 4.62. The van der Waals surface area contributed by atoms with Crippen molar-refractivity contribution in [2.45, 2.75) is 32.4 Å². The average Bonchev–Trinajstić information content (AvgIpc) is 3.21. The average molecular weight is 470 g/mol. The molecule has 10 nitrogen and oxygen atoms in total. The van der Waals surface area contributed by atoms with Crippen molar-refractivity contribution in [3.05, 3.63) is 55.1 Å². The molecular formula is C22H27N6O4P. The van der Waals surface area contributed by atoms with E-state index in [-0.39, 0.29) is 30.6 Å². The largest absolute Gasteiger partial charge is 0.462 e. The lowest BCUT2D eigenvalue weighted by molar-refractivity contribution is -0.145. The van der Waals surface area contributed by atoms with E-state index >= 15 is 0 Å². The van der Waals surface area contributed by atoms with Gasteiger partial charge in [0.2, 0.25) is 0 Å². The number of aromatic nitrogens is 4. The molecule has 1 aliphatic carbocycles. The summed E-state index contributed by atoms with van der Waals surface area (Å²) in [6, 6.07) is 9.39. The number of hydrogen-bond acceptors (Lipinski definition) is 9. The van der Waals surface area contributed by atoms with Crippen LogP contribution in [0, 0.1) is 5.92 Å². The molecule has 1 fully saturated rings. The van der Waals surface area contributed by atoms with Gasteiger partial charge in [-0.3, -0.25) is 4.79 Å². The van der Waals surface area contributed by atoms with Crippen LogP contribution in [0.25, 0.3) is 11.2 Å². The molecule has 2 heterocycles. The van der Waals surface area contributed by atoms with Gasteiger partial charge < -0.3 is 24.1 Å². The van der Waals surface area contributed by atoms with Gasteiger partial charge in [-0.15, -0.1) is 0 Å². The van der Waals surface area contributed by atoms with Gasteiger partial charge in [-0.2, -0.15) is 0 Å². The molecule has 3 atom stereocenters. The van der Waals surface area contributed by atoms with E-state index in [4.69, 9.17) is 19.5 Å². The van der Waals surface area contributed by atoms with Crippen LogP contribution in [-0.2, 0) is 14.1 Å². The summed E-state index contributed by atoms with van der Waals surface area (Å²) in [6.07, 6.45) is 3.78. The highest BCUT2D eigenvalue weighted by atomic mass is 31.2. The highest BCUT2D eigenvalue weighted by Crippen LogP contribution is 2.46. The lowest BCUT2D eigenvalue weighted by atomic mass is 9.76. The first-order valence-electron chi connectivity index (χ1n) is 10.6. The van der Waals surface area contributed by atoms with Gasteiger partial charge in [0.1, 0.15) is 24.1 Å². The molecule has 3 unspecified atom stereocenters. The van der Waals surface area contributed by atoms with Gasteiger partial charge in [0.25, 0.3) is 0 Å². The summed E-state index contributed by atoms with van der Waals surface area (Å²) < 4.78 is 19.1. The Balaban J connectivity index is 1.35. The molecule has 0 spiro atoms. The second-order valence-electron chi connectivity index (χ2n) is 7.94. The minimum Gasteiger partial charge on any atom is -0.462 e. The van der Waals surface area contributed by atoms with E-state index in [9.17, 15) is 4.79 Å². The predicted octanol–water partition coefficient (Wildman–Crippen LogP) is 3.39. The maximum Gasteiger partial charge on any atom is 0.320 e. The first kappa shape index (κ1) is 23.1. The molecule has 0 saturated heterocycles. The van der Waals surface area contributed by atoms with Crippen molar-refractivity contribution in [3.8, 4) is 5.75 Å². The molecule has 0 amide bonds. The molecule has 4 rings (SSSR count). The summed E-state index contributed by atoms with van der Waals surface area (Å²) in [7, 11) is -1.56. The summed E-state index contributed by atoms with van der Waals surface area (Å²) in [5.41, 5.74) is 8.18. The molecule has 1 aliphatic rings. The maximum absolute atomic E-state index is 11.9. The molecule has 174 valence electrons. The van der Waals surface area contributed by atoms with Crippen LogP contribution in [0.3, 0.4) is 0 Å². The van der Waals surface area contributed by atoms with Crippen LogP contribution < -0.4 is 15.3 Å². The molecule has 2 aromatic heterocycles. The van der Waals surface area contributed by atoms with E-state index < -0.39 is 8.53 Å². The number of ether oxygens (including phenoxy) is 1. The first-order chi connectivity index (χ1) is 15.9. The van der Waals surface area contributed by atoms with Crippen LogP contribution in [0.2, 0.25) is 0 Å². The number of esters is 1. The molecule has 33 heavy (non-hydrogen) atoms. The summed E-state index contributed by atoms with van der Waals surface area (Å²) in [6.45, 7) is 8.26. The van der Waals surface area contributed by atoms with E-state index in [1.807, 2.05) is 34.9 Å². The van der Waals surface area contributed by atoms with Gasteiger partial charge >= 0.3 is 14.5 Å². The Bertz CT molecular complexity index is 1120. The molecule has 1 aromatic carbocycles. The van der Waals surface area contributed by atoms with Crippen LogP contribution in [0.4, 0.5) is 5.82 Å². The number of hydrogen-bond donors (Lipinski definition) is 2. The van der Waals surface area contributed by atoms with Crippen LogP contribution >= 0.6 is 8.53 Å². The highest BCUT2D eigenvalue weighted by Gasteiger charge is 2.37. The van der Waals surface area contributed by atoms with E-state index in [1.165, 1.54) is 6.33 Å². The monoisotopic (exact) mass is 470 g/mol. The SMILES string of the molecule is C=C1C(COP(NCC(=O)OC(C)C)Oc2ccccc2)CC1n1cnc2c(N)ncnc21. The minimum absolute atomic E-state index is 0.00684. The topological polar surface area (TPSA) is 126 Å². The zero-order valence-electron chi connectivity index (χ0n) is 18.5. The van der Waals surface area contributed by atoms with Gasteiger partial charge in [0.15, 0.2) is 11.5 Å². The third-order valence-electron chi connectivity index (χ3n) is 5.23. The predicted molar refractivity (Wildman–Crippen MR) is 125 cm³/mol. The van der Waals surface area contributed by atoms with Crippen LogP contribution in [0.15, 0.2) is 55.1 Å². The molecule has 0 aliphatic heterocycles. The second-order valence-corrected chi connectivity index (χ2v) is 9.21. The van der Waals surface area contributed by atoms with Crippen molar-refractivity contribution >= 4 is 31.5 Å². The number of carbonyl (C=O) groups excluding carboxylic acids is 1. The van der Waals surface area contributed by atoms with Gasteiger partial charge in [0.05, 0.1) is 25.1 Å². The molecule has 0 bridgehead atoms. The van der Waals surface area contributed by atoms with Gasteiger partial charge in [0, 0.05) is 5.92 Å². The second kappa shape index (κ2) is 10.2. The summed E-state index contributed by atoms with van der Waals surface area (Å²) >= 11 is 0. The number of benzene rings is 1. The number of nitrogens with two attached hydrogens (primary N) is 1. The fraction of sp³-hybridized carbons (Fsp3) is 0.364. The van der Waals surface area contributed by atoms with Crippen molar-refractivity contribution < 1.29 is 18.6 Å².